The molecule has 0 amide bonds. The highest BCUT2D eigenvalue weighted by Gasteiger charge is 2.01. The summed E-state index contributed by atoms with van der Waals surface area (Å²) in [6.07, 6.45) is 9.64. The molecule has 0 fully saturated rings. The standard InChI is InChI=1S/C14H15N2/c1-3-13-5-7-14(8-6-13)11-16-10-9-15(4-2)12-16/h3-10,12H,1-2,11H2/q+1. The third-order valence-corrected chi connectivity index (χ3v) is 2.50. The number of imidazole rings is 1. The van der Waals surface area contributed by atoms with Gasteiger partial charge in [0.25, 0.3) is 0 Å². The smallest absolute Gasteiger partial charge is 0.232 e. The van der Waals surface area contributed by atoms with Gasteiger partial charge in [0, 0.05) is 0 Å². The molecule has 0 atom stereocenters. The van der Waals surface area contributed by atoms with Crippen LogP contribution >= 0.6 is 0 Å². The maximum absolute atomic E-state index is 3.74. The average molecular weight is 211 g/mol. The summed E-state index contributed by atoms with van der Waals surface area (Å²) in [6.45, 7) is 8.33. The van der Waals surface area contributed by atoms with Crippen molar-refractivity contribution >= 4 is 12.3 Å². The Labute approximate surface area is 95.8 Å². The minimum atomic E-state index is 0.873. The van der Waals surface area contributed by atoms with Crippen LogP contribution in [0, 0.1) is 0 Å². The van der Waals surface area contributed by atoms with Gasteiger partial charge < -0.3 is 0 Å². The second kappa shape index (κ2) is 4.62. The van der Waals surface area contributed by atoms with E-state index in [1.165, 1.54) is 5.56 Å². The first-order chi connectivity index (χ1) is 7.81. The van der Waals surface area contributed by atoms with Crippen LogP contribution in [0.25, 0.3) is 12.3 Å². The van der Waals surface area contributed by atoms with E-state index in [9.17, 15) is 0 Å². The molecule has 0 saturated carbocycles. The molecule has 0 N–H and O–H groups in total. The van der Waals surface area contributed by atoms with Crippen molar-refractivity contribution in [1.29, 1.82) is 0 Å². The minimum absolute atomic E-state index is 0.873. The zero-order valence-corrected chi connectivity index (χ0v) is 9.21. The van der Waals surface area contributed by atoms with Gasteiger partial charge in [-0.1, -0.05) is 43.5 Å². The summed E-state index contributed by atoms with van der Waals surface area (Å²) in [7, 11) is 0. The fraction of sp³-hybridized carbons (Fsp3) is 0.0714. The number of rotatable bonds is 4. The van der Waals surface area contributed by atoms with Gasteiger partial charge in [0.1, 0.15) is 18.9 Å². The third-order valence-electron chi connectivity index (χ3n) is 2.50. The van der Waals surface area contributed by atoms with Crippen molar-refractivity contribution in [3.8, 4) is 0 Å². The molecule has 0 bridgehead atoms. The van der Waals surface area contributed by atoms with Crippen molar-refractivity contribution in [3.63, 3.8) is 0 Å². The SMILES string of the molecule is C=Cc1ccc(C[n+]2ccn(C=C)c2)cc1. The van der Waals surface area contributed by atoms with Crippen molar-refractivity contribution in [3.05, 3.63) is 67.3 Å². The molecular weight excluding hydrogens is 196 g/mol. The molecule has 0 radical (unpaired) electrons. The monoisotopic (exact) mass is 211 g/mol. The quantitative estimate of drug-likeness (QED) is 0.687. The molecule has 2 nitrogen and oxygen atoms in total. The van der Waals surface area contributed by atoms with Gasteiger partial charge in [-0.25, -0.2) is 9.13 Å². The minimum Gasteiger partial charge on any atom is -0.232 e. The van der Waals surface area contributed by atoms with Crippen LogP contribution in [-0.2, 0) is 6.54 Å². The van der Waals surface area contributed by atoms with Crippen LogP contribution in [0.5, 0.6) is 0 Å². The van der Waals surface area contributed by atoms with Gasteiger partial charge in [0.05, 0.1) is 6.20 Å². The lowest BCUT2D eigenvalue weighted by Crippen LogP contribution is -2.31. The van der Waals surface area contributed by atoms with E-state index in [1.54, 1.807) is 6.20 Å². The molecule has 0 saturated heterocycles. The number of nitrogens with zero attached hydrogens (tertiary/aromatic N) is 2. The van der Waals surface area contributed by atoms with E-state index in [4.69, 9.17) is 0 Å². The number of hydrogen-bond acceptors (Lipinski definition) is 0. The van der Waals surface area contributed by atoms with Gasteiger partial charge in [-0.2, -0.15) is 0 Å². The second-order valence-corrected chi connectivity index (χ2v) is 3.66. The molecule has 0 spiro atoms. The lowest BCUT2D eigenvalue weighted by Gasteiger charge is -1.98. The lowest BCUT2D eigenvalue weighted by molar-refractivity contribution is -0.687. The molecule has 1 aromatic heterocycles. The van der Waals surface area contributed by atoms with Gasteiger partial charge in [0.15, 0.2) is 0 Å². The Morgan fingerprint density at radius 3 is 2.50 bits per heavy atom. The normalized spacial score (nSPS) is 10.0. The van der Waals surface area contributed by atoms with Crippen LogP contribution in [0.1, 0.15) is 11.1 Å². The van der Waals surface area contributed by atoms with Gasteiger partial charge in [-0.3, -0.25) is 0 Å². The molecule has 2 heteroatoms. The molecule has 2 aromatic rings. The summed E-state index contributed by atoms with van der Waals surface area (Å²) in [5.74, 6) is 0. The van der Waals surface area contributed by atoms with Crippen LogP contribution in [0.2, 0.25) is 0 Å². The van der Waals surface area contributed by atoms with Crippen LogP contribution in [-0.4, -0.2) is 4.57 Å². The first kappa shape index (κ1) is 10.4. The number of benzene rings is 1. The van der Waals surface area contributed by atoms with Crippen molar-refractivity contribution in [2.75, 3.05) is 0 Å². The van der Waals surface area contributed by atoms with Crippen molar-refractivity contribution < 1.29 is 4.57 Å². The summed E-state index contributed by atoms with van der Waals surface area (Å²) < 4.78 is 4.04. The summed E-state index contributed by atoms with van der Waals surface area (Å²) in [5, 5.41) is 0. The largest absolute Gasteiger partial charge is 0.248 e. The maximum atomic E-state index is 3.74. The number of aromatic nitrogens is 2. The Morgan fingerprint density at radius 1 is 1.19 bits per heavy atom. The van der Waals surface area contributed by atoms with E-state index in [2.05, 4.69) is 42.0 Å². The van der Waals surface area contributed by atoms with E-state index in [1.807, 2.05) is 29.4 Å². The molecule has 0 unspecified atom stereocenters. The number of hydrogen-bond donors (Lipinski definition) is 0. The molecule has 2 rings (SSSR count). The summed E-state index contributed by atoms with van der Waals surface area (Å²) >= 11 is 0. The Bertz CT molecular complexity index is 492. The fourth-order valence-corrected chi connectivity index (χ4v) is 1.58. The predicted molar refractivity (Wildman–Crippen MR) is 66.6 cm³/mol. The van der Waals surface area contributed by atoms with E-state index >= 15 is 0 Å². The van der Waals surface area contributed by atoms with Gasteiger partial charge in [-0.05, 0) is 11.1 Å². The zero-order chi connectivity index (χ0) is 11.4. The molecule has 0 aliphatic carbocycles. The van der Waals surface area contributed by atoms with Crippen molar-refractivity contribution in [2.24, 2.45) is 0 Å². The molecule has 80 valence electrons. The molecule has 1 heterocycles. The zero-order valence-electron chi connectivity index (χ0n) is 9.21. The molecule has 0 aliphatic heterocycles. The van der Waals surface area contributed by atoms with Crippen LogP contribution < -0.4 is 4.57 Å². The van der Waals surface area contributed by atoms with Crippen molar-refractivity contribution in [1.82, 2.24) is 4.57 Å². The molecule has 0 aliphatic rings. The lowest BCUT2D eigenvalue weighted by atomic mass is 10.1. The Hall–Kier alpha value is -2.09. The van der Waals surface area contributed by atoms with Crippen LogP contribution in [0.3, 0.4) is 0 Å². The van der Waals surface area contributed by atoms with E-state index in [0.29, 0.717) is 0 Å². The first-order valence-corrected chi connectivity index (χ1v) is 5.22. The van der Waals surface area contributed by atoms with Crippen LogP contribution in [0.15, 0.2) is 56.1 Å². The highest BCUT2D eigenvalue weighted by Crippen LogP contribution is 2.04. The summed E-state index contributed by atoms with van der Waals surface area (Å²) in [5.41, 5.74) is 2.43. The highest BCUT2D eigenvalue weighted by molar-refractivity contribution is 5.47. The topological polar surface area (TPSA) is 8.81 Å². The van der Waals surface area contributed by atoms with E-state index in [-0.39, 0.29) is 0 Å². The van der Waals surface area contributed by atoms with Gasteiger partial charge in [-0.15, -0.1) is 0 Å². The van der Waals surface area contributed by atoms with Crippen LogP contribution in [0.4, 0.5) is 0 Å². The Kier molecular flexibility index (Phi) is 3.01. The Balaban J connectivity index is 2.13. The second-order valence-electron chi connectivity index (χ2n) is 3.66. The van der Waals surface area contributed by atoms with E-state index < -0.39 is 0 Å². The third kappa shape index (κ3) is 2.28. The van der Waals surface area contributed by atoms with Gasteiger partial charge in [0.2, 0.25) is 6.33 Å². The first-order valence-electron chi connectivity index (χ1n) is 5.22. The molecular formula is C14H15N2+. The molecule has 16 heavy (non-hydrogen) atoms. The summed E-state index contributed by atoms with van der Waals surface area (Å²) in [4.78, 5) is 0. The average Bonchev–Trinajstić information content (AvgIpc) is 2.78. The maximum Gasteiger partial charge on any atom is 0.248 e. The van der Waals surface area contributed by atoms with E-state index in [0.717, 1.165) is 12.1 Å². The summed E-state index contributed by atoms with van der Waals surface area (Å²) in [6, 6.07) is 8.39. The Morgan fingerprint density at radius 2 is 1.94 bits per heavy atom. The predicted octanol–water partition coefficient (Wildman–Crippen LogP) is 2.57. The fourth-order valence-electron chi connectivity index (χ4n) is 1.58. The van der Waals surface area contributed by atoms with Crippen molar-refractivity contribution in [2.45, 2.75) is 6.54 Å². The highest BCUT2D eigenvalue weighted by atomic mass is 15.1. The molecule has 1 aromatic carbocycles. The van der Waals surface area contributed by atoms with Gasteiger partial charge >= 0.3 is 0 Å².